The third-order valence-corrected chi connectivity index (χ3v) is 5.14. The molecule has 7 heteroatoms. The molecule has 3 amide bonds. The fourth-order valence-corrected chi connectivity index (χ4v) is 4.08. The van der Waals surface area contributed by atoms with E-state index in [2.05, 4.69) is 26.6 Å². The summed E-state index contributed by atoms with van der Waals surface area (Å²) in [5.74, 6) is -1.55. The van der Waals surface area contributed by atoms with Crippen LogP contribution in [0, 0.1) is 5.92 Å². The average molecular weight is 414 g/mol. The number of allylic oxidation sites excluding steroid dienone is 2. The Labute approximate surface area is 158 Å². The van der Waals surface area contributed by atoms with Gasteiger partial charge in [-0.15, -0.1) is 0 Å². The number of hydrogen-bond acceptors (Lipinski definition) is 3. The van der Waals surface area contributed by atoms with E-state index in [0.29, 0.717) is 17.9 Å². The van der Waals surface area contributed by atoms with E-state index in [1.165, 1.54) is 4.90 Å². The highest BCUT2D eigenvalue weighted by atomic mass is 79.9. The zero-order chi connectivity index (χ0) is 18.3. The molecule has 0 spiro atoms. The summed E-state index contributed by atoms with van der Waals surface area (Å²) in [6, 6.07) is 9.32. The topological polar surface area (TPSA) is 78.5 Å². The highest BCUT2D eigenvalue weighted by Gasteiger charge is 2.47. The highest BCUT2D eigenvalue weighted by molar-refractivity contribution is 9.11. The molecule has 132 valence electrons. The molecule has 4 rings (SSSR count). The van der Waals surface area contributed by atoms with Crippen LogP contribution in [-0.4, -0.2) is 28.7 Å². The molecule has 1 aromatic carbocycles. The summed E-state index contributed by atoms with van der Waals surface area (Å²) in [5, 5.41) is 5.50. The van der Waals surface area contributed by atoms with Gasteiger partial charge in [0.25, 0.3) is 0 Å². The van der Waals surface area contributed by atoms with Crippen molar-refractivity contribution >= 4 is 33.7 Å². The maximum Gasteiger partial charge on any atom is 0.317 e. The van der Waals surface area contributed by atoms with E-state index in [4.69, 9.17) is 0 Å². The number of rotatable bonds is 4. The Bertz CT molecular complexity index is 889. The van der Waals surface area contributed by atoms with Gasteiger partial charge in [0.05, 0.1) is 12.5 Å². The molecule has 0 saturated carbocycles. The standard InChI is InChI=1S/C19H16BrN3O3/c20-13-6-12-7-14(9-16(24)21-10-11-4-2-1-3-5-11)23-17(12)15(8-13)22-18(25)19(23)26/h1-8,12,17H,9-10H2,(H,21,24)(H,22,25)/t12?,17-/m0/s1. The third-order valence-electron chi connectivity index (χ3n) is 4.65. The fourth-order valence-electron chi connectivity index (χ4n) is 3.52. The number of benzene rings is 1. The molecule has 0 aromatic heterocycles. The molecule has 0 radical (unpaired) electrons. The number of piperazine rings is 1. The molecule has 2 atom stereocenters. The molecule has 2 heterocycles. The van der Waals surface area contributed by atoms with Crippen LogP contribution in [0.2, 0.25) is 0 Å². The first-order chi connectivity index (χ1) is 12.5. The summed E-state index contributed by atoms with van der Waals surface area (Å²) in [5.41, 5.74) is 2.24. The van der Waals surface area contributed by atoms with Crippen LogP contribution in [0.1, 0.15) is 12.0 Å². The second-order valence-electron chi connectivity index (χ2n) is 6.40. The molecule has 26 heavy (non-hydrogen) atoms. The van der Waals surface area contributed by atoms with Gasteiger partial charge in [0.15, 0.2) is 0 Å². The zero-order valence-corrected chi connectivity index (χ0v) is 15.3. The van der Waals surface area contributed by atoms with Crippen molar-refractivity contribution in [2.24, 2.45) is 5.92 Å². The fraction of sp³-hybridized carbons (Fsp3) is 0.211. The SMILES string of the molecule is O=C(CC1=CC2C=C(Br)C=C3NC(=O)C(=O)N1[C@H]32)NCc1ccccc1. The van der Waals surface area contributed by atoms with Gasteiger partial charge in [-0.05, 0) is 11.6 Å². The predicted molar refractivity (Wildman–Crippen MR) is 98.3 cm³/mol. The first kappa shape index (κ1) is 16.8. The Kier molecular flexibility index (Phi) is 4.24. The molecule has 1 unspecified atom stereocenters. The van der Waals surface area contributed by atoms with Gasteiger partial charge >= 0.3 is 11.8 Å². The van der Waals surface area contributed by atoms with Gasteiger partial charge in [0.1, 0.15) is 0 Å². The van der Waals surface area contributed by atoms with Crippen molar-refractivity contribution in [1.82, 2.24) is 15.5 Å². The Morgan fingerprint density at radius 2 is 1.96 bits per heavy atom. The lowest BCUT2D eigenvalue weighted by Crippen LogP contribution is -2.56. The van der Waals surface area contributed by atoms with E-state index in [9.17, 15) is 14.4 Å². The molecule has 0 bridgehead atoms. The molecule has 6 nitrogen and oxygen atoms in total. The second-order valence-corrected chi connectivity index (χ2v) is 7.32. The van der Waals surface area contributed by atoms with Crippen molar-refractivity contribution in [3.8, 4) is 0 Å². The van der Waals surface area contributed by atoms with Crippen molar-refractivity contribution in [3.05, 3.63) is 70.0 Å². The van der Waals surface area contributed by atoms with Crippen LogP contribution >= 0.6 is 15.9 Å². The van der Waals surface area contributed by atoms with E-state index in [0.717, 1.165) is 10.0 Å². The lowest BCUT2D eigenvalue weighted by Gasteiger charge is -2.37. The number of nitrogens with one attached hydrogen (secondary N) is 2. The third kappa shape index (κ3) is 2.99. The number of carbonyl (C=O) groups excluding carboxylic acids is 3. The Hall–Kier alpha value is -2.67. The van der Waals surface area contributed by atoms with Crippen molar-refractivity contribution in [1.29, 1.82) is 0 Å². The van der Waals surface area contributed by atoms with Crippen molar-refractivity contribution in [2.75, 3.05) is 0 Å². The first-order valence-corrected chi connectivity index (χ1v) is 9.07. The summed E-state index contributed by atoms with van der Waals surface area (Å²) < 4.78 is 0.842. The molecule has 2 aliphatic heterocycles. The zero-order valence-electron chi connectivity index (χ0n) is 13.7. The monoisotopic (exact) mass is 413 g/mol. The normalized spacial score (nSPS) is 23.6. The lowest BCUT2D eigenvalue weighted by molar-refractivity contribution is -0.147. The largest absolute Gasteiger partial charge is 0.352 e. The van der Waals surface area contributed by atoms with Crippen molar-refractivity contribution in [2.45, 2.75) is 19.0 Å². The Balaban J connectivity index is 1.50. The van der Waals surface area contributed by atoms with Gasteiger partial charge in [0.2, 0.25) is 5.91 Å². The molecule has 1 saturated heterocycles. The quantitative estimate of drug-likeness (QED) is 0.737. The second kappa shape index (κ2) is 6.57. The van der Waals surface area contributed by atoms with Crippen molar-refractivity contribution in [3.63, 3.8) is 0 Å². The number of halogens is 1. The van der Waals surface area contributed by atoms with E-state index in [1.807, 2.05) is 42.5 Å². The van der Waals surface area contributed by atoms with Crippen LogP contribution in [0.15, 0.2) is 64.4 Å². The van der Waals surface area contributed by atoms with Gasteiger partial charge < -0.3 is 10.6 Å². The summed E-state index contributed by atoms with van der Waals surface area (Å²) in [6.45, 7) is 0.421. The van der Waals surface area contributed by atoms with Crippen LogP contribution in [-0.2, 0) is 20.9 Å². The average Bonchev–Trinajstić information content (AvgIpc) is 2.97. The van der Waals surface area contributed by atoms with Crippen LogP contribution < -0.4 is 10.6 Å². The van der Waals surface area contributed by atoms with E-state index >= 15 is 0 Å². The number of carbonyl (C=O) groups is 3. The lowest BCUT2D eigenvalue weighted by atomic mass is 9.92. The maximum atomic E-state index is 12.4. The summed E-state index contributed by atoms with van der Waals surface area (Å²) in [7, 11) is 0. The van der Waals surface area contributed by atoms with E-state index in [-0.39, 0.29) is 24.3 Å². The van der Waals surface area contributed by atoms with Gasteiger partial charge in [-0.1, -0.05) is 58.4 Å². The molecular formula is C19H16BrN3O3. The highest BCUT2D eigenvalue weighted by Crippen LogP contribution is 2.40. The molecule has 2 N–H and O–H groups in total. The molecule has 1 fully saturated rings. The van der Waals surface area contributed by atoms with Crippen LogP contribution in [0.3, 0.4) is 0 Å². The van der Waals surface area contributed by atoms with E-state index < -0.39 is 11.8 Å². The Morgan fingerprint density at radius 1 is 1.19 bits per heavy atom. The molecular weight excluding hydrogens is 398 g/mol. The summed E-state index contributed by atoms with van der Waals surface area (Å²) in [6.07, 6.45) is 5.71. The Morgan fingerprint density at radius 3 is 2.73 bits per heavy atom. The van der Waals surface area contributed by atoms with Crippen molar-refractivity contribution < 1.29 is 14.4 Å². The summed E-state index contributed by atoms with van der Waals surface area (Å²) >= 11 is 3.43. The number of hydrogen-bond donors (Lipinski definition) is 2. The van der Waals surface area contributed by atoms with Gasteiger partial charge in [-0.25, -0.2) is 0 Å². The predicted octanol–water partition coefficient (Wildman–Crippen LogP) is 1.71. The minimum Gasteiger partial charge on any atom is -0.352 e. The number of amides is 3. The molecule has 1 aliphatic carbocycles. The minimum absolute atomic E-state index is 0.0532. The minimum atomic E-state index is -0.675. The first-order valence-electron chi connectivity index (χ1n) is 8.28. The van der Waals surface area contributed by atoms with Gasteiger partial charge in [-0.2, -0.15) is 0 Å². The number of nitrogens with zero attached hydrogens (tertiary/aromatic N) is 1. The maximum absolute atomic E-state index is 12.4. The van der Waals surface area contributed by atoms with E-state index in [1.54, 1.807) is 6.08 Å². The summed E-state index contributed by atoms with van der Waals surface area (Å²) in [4.78, 5) is 38.2. The molecule has 1 aromatic rings. The smallest absolute Gasteiger partial charge is 0.317 e. The van der Waals surface area contributed by atoms with Crippen LogP contribution in [0.4, 0.5) is 0 Å². The van der Waals surface area contributed by atoms with Crippen LogP contribution in [0.25, 0.3) is 0 Å². The van der Waals surface area contributed by atoms with Crippen LogP contribution in [0.5, 0.6) is 0 Å². The molecule has 3 aliphatic rings. The van der Waals surface area contributed by atoms with Gasteiger partial charge in [-0.3, -0.25) is 19.3 Å². The van der Waals surface area contributed by atoms with Gasteiger partial charge in [0, 0.05) is 28.3 Å².